The highest BCUT2D eigenvalue weighted by Crippen LogP contribution is 2.35. The van der Waals surface area contributed by atoms with Crippen molar-refractivity contribution in [2.75, 3.05) is 14.2 Å². The summed E-state index contributed by atoms with van der Waals surface area (Å²) in [6.07, 6.45) is 6.09. The van der Waals surface area contributed by atoms with Gasteiger partial charge in [0.05, 0.1) is 12.1 Å². The normalized spacial score (nSPS) is 19.8. The summed E-state index contributed by atoms with van der Waals surface area (Å²) in [7, 11) is 3.57. The van der Waals surface area contributed by atoms with Crippen molar-refractivity contribution in [2.45, 2.75) is 44.2 Å². The van der Waals surface area contributed by atoms with E-state index < -0.39 is 0 Å². The molecule has 0 aliphatic heterocycles. The number of nitrogens with one attached hydrogen (secondary N) is 1. The number of benzene rings is 1. The molecule has 1 N–H and O–H groups in total. The zero-order valence-corrected chi connectivity index (χ0v) is 12.9. The molecule has 1 aromatic carbocycles. The van der Waals surface area contributed by atoms with E-state index in [9.17, 15) is 4.39 Å². The lowest BCUT2D eigenvalue weighted by atomic mass is 9.81. The number of hydrogen-bond donors (Lipinski definition) is 1. The van der Waals surface area contributed by atoms with Crippen LogP contribution in [0, 0.1) is 11.7 Å². The van der Waals surface area contributed by atoms with E-state index >= 15 is 0 Å². The Kier molecular flexibility index (Phi) is 5.82. The van der Waals surface area contributed by atoms with Crippen LogP contribution in [0.4, 0.5) is 4.39 Å². The molecule has 0 aromatic heterocycles. The molecule has 112 valence electrons. The zero-order chi connectivity index (χ0) is 14.5. The van der Waals surface area contributed by atoms with Gasteiger partial charge in [0.1, 0.15) is 5.82 Å². The van der Waals surface area contributed by atoms with E-state index in [0.717, 1.165) is 12.8 Å². The molecule has 2 unspecified atom stereocenters. The molecule has 0 radical (unpaired) electrons. The van der Waals surface area contributed by atoms with Gasteiger partial charge in [-0.1, -0.05) is 36.9 Å². The molecule has 1 aliphatic rings. The van der Waals surface area contributed by atoms with E-state index in [1.165, 1.54) is 25.3 Å². The average Bonchev–Trinajstić information content (AvgIpc) is 2.46. The summed E-state index contributed by atoms with van der Waals surface area (Å²) in [5, 5.41) is 3.64. The maximum atomic E-state index is 14.2. The van der Waals surface area contributed by atoms with Crippen LogP contribution < -0.4 is 5.32 Å². The van der Waals surface area contributed by atoms with Crippen LogP contribution in [0.1, 0.15) is 43.7 Å². The second-order valence-corrected chi connectivity index (χ2v) is 5.97. The standard InChI is InChI=1S/C16H23ClFNO/c1-19-15(13-9-8-12(17)10-14(13)18)16(20-2)11-6-4-3-5-7-11/h8-11,15-16,19H,3-7H2,1-2H3. The number of hydrogen-bond acceptors (Lipinski definition) is 2. The van der Waals surface area contributed by atoms with Crippen LogP contribution in [0.5, 0.6) is 0 Å². The quantitative estimate of drug-likeness (QED) is 0.873. The average molecular weight is 300 g/mol. The van der Waals surface area contributed by atoms with Gasteiger partial charge in [-0.15, -0.1) is 0 Å². The first-order chi connectivity index (χ1) is 9.67. The number of rotatable bonds is 5. The van der Waals surface area contributed by atoms with Crippen LogP contribution in [0.25, 0.3) is 0 Å². The van der Waals surface area contributed by atoms with Crippen molar-refractivity contribution in [3.8, 4) is 0 Å². The minimum atomic E-state index is -0.269. The molecule has 1 aliphatic carbocycles. The molecule has 4 heteroatoms. The predicted octanol–water partition coefficient (Wildman–Crippen LogP) is 4.33. The molecule has 1 fully saturated rings. The lowest BCUT2D eigenvalue weighted by molar-refractivity contribution is 0.00858. The molecule has 0 saturated heterocycles. The van der Waals surface area contributed by atoms with Gasteiger partial charge in [-0.2, -0.15) is 0 Å². The monoisotopic (exact) mass is 299 g/mol. The van der Waals surface area contributed by atoms with Crippen molar-refractivity contribution in [3.05, 3.63) is 34.6 Å². The van der Waals surface area contributed by atoms with Crippen LogP contribution in [-0.4, -0.2) is 20.3 Å². The van der Waals surface area contributed by atoms with Gasteiger partial charge in [0.2, 0.25) is 0 Å². The minimum Gasteiger partial charge on any atom is -0.379 e. The highest BCUT2D eigenvalue weighted by atomic mass is 35.5. The van der Waals surface area contributed by atoms with Gasteiger partial charge < -0.3 is 10.1 Å². The molecule has 0 amide bonds. The lowest BCUT2D eigenvalue weighted by Gasteiger charge is -2.35. The molecular formula is C16H23ClFNO. The van der Waals surface area contributed by atoms with E-state index in [2.05, 4.69) is 5.32 Å². The third kappa shape index (κ3) is 3.51. The van der Waals surface area contributed by atoms with Gasteiger partial charge in [-0.3, -0.25) is 0 Å². The van der Waals surface area contributed by atoms with Crippen LogP contribution >= 0.6 is 11.6 Å². The Bertz CT molecular complexity index is 434. The molecule has 20 heavy (non-hydrogen) atoms. The Hall–Kier alpha value is -0.640. The summed E-state index contributed by atoms with van der Waals surface area (Å²) in [6.45, 7) is 0. The molecule has 0 heterocycles. The molecule has 0 bridgehead atoms. The van der Waals surface area contributed by atoms with Crippen LogP contribution in [0.15, 0.2) is 18.2 Å². The summed E-state index contributed by atoms with van der Waals surface area (Å²) >= 11 is 5.84. The molecule has 1 saturated carbocycles. The first-order valence-corrected chi connectivity index (χ1v) is 7.70. The summed E-state index contributed by atoms with van der Waals surface area (Å²) in [5.41, 5.74) is 0.634. The van der Waals surface area contributed by atoms with Crippen LogP contribution in [0.2, 0.25) is 5.02 Å². The number of ether oxygens (including phenoxy) is 1. The fourth-order valence-corrected chi connectivity index (χ4v) is 3.47. The molecular weight excluding hydrogens is 277 g/mol. The Balaban J connectivity index is 2.23. The van der Waals surface area contributed by atoms with E-state index in [0.29, 0.717) is 16.5 Å². The summed E-state index contributed by atoms with van der Waals surface area (Å²) in [6, 6.07) is 4.72. The van der Waals surface area contributed by atoms with Crippen molar-refractivity contribution >= 4 is 11.6 Å². The first-order valence-electron chi connectivity index (χ1n) is 7.32. The van der Waals surface area contributed by atoms with Gasteiger partial charge in [0.25, 0.3) is 0 Å². The number of methoxy groups -OCH3 is 1. The summed E-state index contributed by atoms with van der Waals surface area (Å²) in [5.74, 6) is 0.219. The van der Waals surface area contributed by atoms with E-state index in [1.54, 1.807) is 19.2 Å². The Morgan fingerprint density at radius 2 is 2.00 bits per heavy atom. The van der Waals surface area contributed by atoms with E-state index in [1.807, 2.05) is 7.05 Å². The van der Waals surface area contributed by atoms with Crippen molar-refractivity contribution in [1.29, 1.82) is 0 Å². The maximum absolute atomic E-state index is 14.2. The fourth-order valence-electron chi connectivity index (χ4n) is 3.31. The Labute approximate surface area is 125 Å². The fraction of sp³-hybridized carbons (Fsp3) is 0.625. The smallest absolute Gasteiger partial charge is 0.129 e. The topological polar surface area (TPSA) is 21.3 Å². The van der Waals surface area contributed by atoms with Crippen molar-refractivity contribution in [1.82, 2.24) is 5.32 Å². The SMILES string of the molecule is CNC(c1ccc(Cl)cc1F)C(OC)C1CCCCC1. The van der Waals surface area contributed by atoms with Gasteiger partial charge in [0, 0.05) is 17.7 Å². The second kappa shape index (κ2) is 7.39. The minimum absolute atomic E-state index is 0.00373. The van der Waals surface area contributed by atoms with Gasteiger partial charge in [-0.25, -0.2) is 4.39 Å². The van der Waals surface area contributed by atoms with Crippen LogP contribution in [0.3, 0.4) is 0 Å². The third-order valence-electron chi connectivity index (χ3n) is 4.32. The Morgan fingerprint density at radius 3 is 2.55 bits per heavy atom. The number of likely N-dealkylation sites (N-methyl/N-ethyl adjacent to an activating group) is 1. The van der Waals surface area contributed by atoms with Crippen molar-refractivity contribution in [3.63, 3.8) is 0 Å². The van der Waals surface area contributed by atoms with Crippen molar-refractivity contribution < 1.29 is 9.13 Å². The molecule has 1 aromatic rings. The summed E-state index contributed by atoms with van der Waals surface area (Å²) < 4.78 is 19.9. The zero-order valence-electron chi connectivity index (χ0n) is 12.2. The highest BCUT2D eigenvalue weighted by Gasteiger charge is 2.32. The van der Waals surface area contributed by atoms with Crippen LogP contribution in [-0.2, 0) is 4.74 Å². The largest absolute Gasteiger partial charge is 0.379 e. The maximum Gasteiger partial charge on any atom is 0.129 e. The van der Waals surface area contributed by atoms with Gasteiger partial charge in [-0.05, 0) is 37.9 Å². The summed E-state index contributed by atoms with van der Waals surface area (Å²) in [4.78, 5) is 0. The molecule has 0 spiro atoms. The third-order valence-corrected chi connectivity index (χ3v) is 4.56. The van der Waals surface area contributed by atoms with Crippen molar-refractivity contribution in [2.24, 2.45) is 5.92 Å². The Morgan fingerprint density at radius 1 is 1.30 bits per heavy atom. The predicted molar refractivity (Wildman–Crippen MR) is 80.6 cm³/mol. The number of halogens is 2. The van der Waals surface area contributed by atoms with Gasteiger partial charge >= 0.3 is 0 Å². The first kappa shape index (κ1) is 15.7. The van der Waals surface area contributed by atoms with E-state index in [-0.39, 0.29) is 18.0 Å². The van der Waals surface area contributed by atoms with Gasteiger partial charge in [0.15, 0.2) is 0 Å². The highest BCUT2D eigenvalue weighted by molar-refractivity contribution is 6.30. The lowest BCUT2D eigenvalue weighted by Crippen LogP contribution is -2.38. The second-order valence-electron chi connectivity index (χ2n) is 5.53. The van der Waals surface area contributed by atoms with E-state index in [4.69, 9.17) is 16.3 Å². The molecule has 2 rings (SSSR count). The molecule has 2 atom stereocenters. The molecule has 2 nitrogen and oxygen atoms in total.